The standard InChI is InChI=1S/C18H34N2O/c1-2-6-17(13-15-7-3-4-8-15)18(21)20-12-10-16-9-5-11-19-14-16/h15-17,19H,2-14H2,1H3,(H,20,21). The summed E-state index contributed by atoms with van der Waals surface area (Å²) in [4.78, 5) is 12.4. The number of hydrogen-bond acceptors (Lipinski definition) is 2. The minimum Gasteiger partial charge on any atom is -0.356 e. The van der Waals surface area contributed by atoms with Gasteiger partial charge in [0.05, 0.1) is 0 Å². The maximum atomic E-state index is 12.4. The van der Waals surface area contributed by atoms with Crippen molar-refractivity contribution in [2.24, 2.45) is 17.8 Å². The monoisotopic (exact) mass is 294 g/mol. The third-order valence-corrected chi connectivity index (χ3v) is 5.35. The van der Waals surface area contributed by atoms with Crippen LogP contribution in [0.1, 0.15) is 71.1 Å². The van der Waals surface area contributed by atoms with E-state index in [1.54, 1.807) is 0 Å². The minimum absolute atomic E-state index is 0.266. The SMILES string of the molecule is CCCC(CC1CCCC1)C(=O)NCCC1CCCNC1. The van der Waals surface area contributed by atoms with E-state index in [1.807, 2.05) is 0 Å². The number of carbonyl (C=O) groups excluding carboxylic acids is 1. The van der Waals surface area contributed by atoms with E-state index in [1.165, 1.54) is 45.1 Å². The predicted octanol–water partition coefficient (Wildman–Crippen LogP) is 3.49. The highest BCUT2D eigenvalue weighted by Gasteiger charge is 2.24. The normalized spacial score (nSPS) is 24.9. The van der Waals surface area contributed by atoms with E-state index in [2.05, 4.69) is 17.6 Å². The largest absolute Gasteiger partial charge is 0.356 e. The lowest BCUT2D eigenvalue weighted by Crippen LogP contribution is -2.36. The van der Waals surface area contributed by atoms with Crippen molar-refractivity contribution in [2.75, 3.05) is 19.6 Å². The molecule has 1 aliphatic carbocycles. The van der Waals surface area contributed by atoms with E-state index in [4.69, 9.17) is 0 Å². The lowest BCUT2D eigenvalue weighted by Gasteiger charge is -2.24. The first-order chi connectivity index (χ1) is 10.3. The van der Waals surface area contributed by atoms with Gasteiger partial charge in [-0.25, -0.2) is 0 Å². The van der Waals surface area contributed by atoms with Crippen LogP contribution in [0.3, 0.4) is 0 Å². The number of piperidine rings is 1. The zero-order valence-electron chi connectivity index (χ0n) is 13.8. The predicted molar refractivity (Wildman–Crippen MR) is 88.2 cm³/mol. The molecule has 0 aromatic carbocycles. The molecule has 0 radical (unpaired) electrons. The van der Waals surface area contributed by atoms with Gasteiger partial charge in [0, 0.05) is 12.5 Å². The molecule has 2 unspecified atom stereocenters. The summed E-state index contributed by atoms with van der Waals surface area (Å²) in [6.07, 6.45) is 12.5. The first kappa shape index (κ1) is 16.8. The molecule has 0 aromatic rings. The Hall–Kier alpha value is -0.570. The van der Waals surface area contributed by atoms with Crippen LogP contribution in [0.2, 0.25) is 0 Å². The summed E-state index contributed by atoms with van der Waals surface area (Å²) in [7, 11) is 0. The molecule has 1 heterocycles. The second-order valence-electron chi connectivity index (χ2n) is 7.16. The van der Waals surface area contributed by atoms with Gasteiger partial charge in [-0.05, 0) is 57.0 Å². The van der Waals surface area contributed by atoms with Gasteiger partial charge in [-0.15, -0.1) is 0 Å². The number of rotatable bonds is 8. The Balaban J connectivity index is 1.67. The molecule has 2 fully saturated rings. The minimum atomic E-state index is 0.266. The smallest absolute Gasteiger partial charge is 0.223 e. The van der Waals surface area contributed by atoms with Crippen LogP contribution in [0.4, 0.5) is 0 Å². The zero-order chi connectivity index (χ0) is 14.9. The highest BCUT2D eigenvalue weighted by atomic mass is 16.1. The summed E-state index contributed by atoms with van der Waals surface area (Å²) in [5.74, 6) is 2.17. The van der Waals surface area contributed by atoms with Crippen LogP contribution in [-0.2, 0) is 4.79 Å². The van der Waals surface area contributed by atoms with Gasteiger partial charge in [-0.1, -0.05) is 39.0 Å². The molecule has 1 saturated heterocycles. The molecule has 3 nitrogen and oxygen atoms in total. The molecule has 0 spiro atoms. The highest BCUT2D eigenvalue weighted by Crippen LogP contribution is 2.31. The van der Waals surface area contributed by atoms with Gasteiger partial charge in [0.2, 0.25) is 5.91 Å². The molecular weight excluding hydrogens is 260 g/mol. The Kier molecular flexibility index (Phi) is 7.56. The maximum absolute atomic E-state index is 12.4. The number of amides is 1. The Morgan fingerprint density at radius 1 is 1.19 bits per heavy atom. The fraction of sp³-hybridized carbons (Fsp3) is 0.944. The third kappa shape index (κ3) is 5.98. The Bertz CT molecular complexity index is 294. The van der Waals surface area contributed by atoms with Crippen molar-refractivity contribution < 1.29 is 4.79 Å². The van der Waals surface area contributed by atoms with E-state index in [0.29, 0.717) is 5.91 Å². The third-order valence-electron chi connectivity index (χ3n) is 5.35. The molecule has 2 aliphatic rings. The molecule has 0 aromatic heterocycles. The molecule has 2 N–H and O–H groups in total. The van der Waals surface area contributed by atoms with Crippen molar-refractivity contribution in [2.45, 2.75) is 71.1 Å². The van der Waals surface area contributed by atoms with E-state index in [-0.39, 0.29) is 5.92 Å². The first-order valence-electron chi connectivity index (χ1n) is 9.28. The fourth-order valence-electron chi connectivity index (χ4n) is 4.07. The van der Waals surface area contributed by atoms with Crippen LogP contribution in [-0.4, -0.2) is 25.5 Å². The van der Waals surface area contributed by atoms with Crippen molar-refractivity contribution >= 4 is 5.91 Å². The Morgan fingerprint density at radius 2 is 1.95 bits per heavy atom. The van der Waals surface area contributed by atoms with Crippen molar-refractivity contribution in [1.82, 2.24) is 10.6 Å². The average Bonchev–Trinajstić information content (AvgIpc) is 3.01. The van der Waals surface area contributed by atoms with Gasteiger partial charge in [0.15, 0.2) is 0 Å². The molecule has 2 rings (SSSR count). The van der Waals surface area contributed by atoms with Gasteiger partial charge in [0.1, 0.15) is 0 Å². The quantitative estimate of drug-likeness (QED) is 0.719. The molecule has 1 saturated carbocycles. The zero-order valence-corrected chi connectivity index (χ0v) is 13.8. The van der Waals surface area contributed by atoms with Gasteiger partial charge >= 0.3 is 0 Å². The van der Waals surface area contributed by atoms with Crippen molar-refractivity contribution in [1.29, 1.82) is 0 Å². The fourth-order valence-corrected chi connectivity index (χ4v) is 4.07. The molecule has 21 heavy (non-hydrogen) atoms. The lowest BCUT2D eigenvalue weighted by atomic mass is 9.89. The van der Waals surface area contributed by atoms with Gasteiger partial charge < -0.3 is 10.6 Å². The number of nitrogens with one attached hydrogen (secondary N) is 2. The second kappa shape index (κ2) is 9.45. The van der Waals surface area contributed by atoms with E-state index < -0.39 is 0 Å². The van der Waals surface area contributed by atoms with E-state index in [0.717, 1.165) is 50.6 Å². The van der Waals surface area contributed by atoms with Crippen molar-refractivity contribution in [3.8, 4) is 0 Å². The van der Waals surface area contributed by atoms with Crippen LogP contribution in [0.25, 0.3) is 0 Å². The van der Waals surface area contributed by atoms with Crippen LogP contribution >= 0.6 is 0 Å². The van der Waals surface area contributed by atoms with Crippen molar-refractivity contribution in [3.05, 3.63) is 0 Å². The second-order valence-corrected chi connectivity index (χ2v) is 7.16. The highest BCUT2D eigenvalue weighted by molar-refractivity contribution is 5.78. The molecular formula is C18H34N2O. The van der Waals surface area contributed by atoms with Crippen LogP contribution in [0.5, 0.6) is 0 Å². The molecule has 122 valence electrons. The van der Waals surface area contributed by atoms with Gasteiger partial charge in [-0.3, -0.25) is 4.79 Å². The summed E-state index contributed by atoms with van der Waals surface area (Å²) < 4.78 is 0. The summed E-state index contributed by atoms with van der Waals surface area (Å²) in [5, 5.41) is 6.67. The summed E-state index contributed by atoms with van der Waals surface area (Å²) in [6, 6.07) is 0. The Morgan fingerprint density at radius 3 is 2.62 bits per heavy atom. The number of carbonyl (C=O) groups is 1. The molecule has 2 atom stereocenters. The topological polar surface area (TPSA) is 41.1 Å². The first-order valence-corrected chi connectivity index (χ1v) is 9.28. The van der Waals surface area contributed by atoms with Crippen LogP contribution < -0.4 is 10.6 Å². The molecule has 1 aliphatic heterocycles. The lowest BCUT2D eigenvalue weighted by molar-refractivity contribution is -0.125. The van der Waals surface area contributed by atoms with E-state index in [9.17, 15) is 4.79 Å². The van der Waals surface area contributed by atoms with Crippen molar-refractivity contribution in [3.63, 3.8) is 0 Å². The molecule has 1 amide bonds. The Labute approximate surface area is 130 Å². The van der Waals surface area contributed by atoms with E-state index >= 15 is 0 Å². The average molecular weight is 294 g/mol. The maximum Gasteiger partial charge on any atom is 0.223 e. The summed E-state index contributed by atoms with van der Waals surface area (Å²) in [5.41, 5.74) is 0. The molecule has 0 bridgehead atoms. The summed E-state index contributed by atoms with van der Waals surface area (Å²) in [6.45, 7) is 5.37. The van der Waals surface area contributed by atoms with Gasteiger partial charge in [-0.2, -0.15) is 0 Å². The van der Waals surface area contributed by atoms with Gasteiger partial charge in [0.25, 0.3) is 0 Å². The summed E-state index contributed by atoms with van der Waals surface area (Å²) >= 11 is 0. The van der Waals surface area contributed by atoms with Crippen LogP contribution in [0, 0.1) is 17.8 Å². The number of hydrogen-bond donors (Lipinski definition) is 2. The van der Waals surface area contributed by atoms with Crippen LogP contribution in [0.15, 0.2) is 0 Å². The molecule has 3 heteroatoms.